The first kappa shape index (κ1) is 10.4. The fraction of sp³-hybridized carbons (Fsp3) is 1.00. The van der Waals surface area contributed by atoms with E-state index in [4.69, 9.17) is 0 Å². The van der Waals surface area contributed by atoms with Gasteiger partial charge in [0.25, 0.3) is 0 Å². The fourth-order valence-electron chi connectivity index (χ4n) is 0.368. The third-order valence-electron chi connectivity index (χ3n) is 0.693. The van der Waals surface area contributed by atoms with Crippen LogP contribution in [-0.4, -0.2) is 30.1 Å². The molecule has 0 amide bonds. The van der Waals surface area contributed by atoms with Crippen molar-refractivity contribution in [2.24, 2.45) is 10.6 Å². The summed E-state index contributed by atoms with van der Waals surface area (Å²) < 4.78 is 0. The largest absolute Gasteiger partial charge is 0.592 e. The van der Waals surface area contributed by atoms with Gasteiger partial charge in [-0.1, -0.05) is 0 Å². The Balaban J connectivity index is 3.82. The van der Waals surface area contributed by atoms with Crippen molar-refractivity contribution in [3.8, 4) is 0 Å². The molecule has 0 aromatic carbocycles. The highest BCUT2D eigenvalue weighted by molar-refractivity contribution is 4.01. The van der Waals surface area contributed by atoms with E-state index in [0.717, 1.165) is 0 Å². The van der Waals surface area contributed by atoms with Crippen molar-refractivity contribution in [1.82, 2.24) is 0 Å². The minimum atomic E-state index is -0.589. The highest BCUT2D eigenvalue weighted by Crippen LogP contribution is 1.82. The van der Waals surface area contributed by atoms with Crippen molar-refractivity contribution in [3.63, 3.8) is 0 Å². The first-order valence-electron chi connectivity index (χ1n) is 3.17. The zero-order chi connectivity index (χ0) is 9.40. The quantitative estimate of drug-likeness (QED) is 0.263. The Morgan fingerprint density at radius 1 is 1.25 bits per heavy atom. The van der Waals surface area contributed by atoms with E-state index < -0.39 is 6.67 Å². The van der Waals surface area contributed by atoms with Crippen LogP contribution in [0.25, 0.3) is 0 Å². The summed E-state index contributed by atoms with van der Waals surface area (Å²) in [5.41, 5.74) is 0. The maximum absolute atomic E-state index is 10.6. The summed E-state index contributed by atoms with van der Waals surface area (Å²) >= 11 is 0. The normalized spacial score (nSPS) is 12.8. The minimum absolute atomic E-state index is 0.0372. The van der Waals surface area contributed by atoms with Gasteiger partial charge in [0, 0.05) is 9.72 Å². The maximum Gasteiger partial charge on any atom is 0.408 e. The number of rotatable bonds is 5. The zero-order valence-electron chi connectivity index (χ0n) is 6.84. The first-order valence-corrected chi connectivity index (χ1v) is 3.17. The molecule has 0 rings (SSSR count). The van der Waals surface area contributed by atoms with Crippen molar-refractivity contribution >= 4 is 0 Å². The van der Waals surface area contributed by atoms with Crippen molar-refractivity contribution in [3.05, 3.63) is 10.4 Å². The van der Waals surface area contributed by atoms with Gasteiger partial charge in [0.05, 0.1) is 0 Å². The minimum Gasteiger partial charge on any atom is -0.592 e. The number of hydrogen-bond acceptors (Lipinski definition) is 6. The Labute approximate surface area is 68.8 Å². The highest BCUT2D eigenvalue weighted by atomic mass is 16.7. The van der Waals surface area contributed by atoms with E-state index in [-0.39, 0.29) is 16.3 Å². The average molecular weight is 178 g/mol. The van der Waals surface area contributed by atoms with Crippen LogP contribution in [-0.2, 0) is 9.68 Å². The Hall–Kier alpha value is -1.60. The fourth-order valence-corrected chi connectivity index (χ4v) is 0.368. The van der Waals surface area contributed by atoms with Gasteiger partial charge in [-0.2, -0.15) is 0 Å². The smallest absolute Gasteiger partial charge is 0.408 e. The monoisotopic (exact) mass is 178 g/mol. The van der Waals surface area contributed by atoms with Crippen LogP contribution >= 0.6 is 0 Å². The van der Waals surface area contributed by atoms with Gasteiger partial charge in [-0.15, -0.1) is 0 Å². The second-order valence-corrected chi connectivity index (χ2v) is 1.61. The summed E-state index contributed by atoms with van der Waals surface area (Å²) in [7, 11) is 1.19. The molecule has 0 saturated heterocycles. The molecule has 0 aromatic rings. The summed E-state index contributed by atoms with van der Waals surface area (Å²) in [5, 5.41) is 26.9. The van der Waals surface area contributed by atoms with Gasteiger partial charge in [0.1, 0.15) is 13.7 Å². The van der Waals surface area contributed by atoms with Gasteiger partial charge < -0.3 is 20.1 Å². The SMILES string of the molecule is CCO/N=[N+](\[O-])C/[N+]([O-])=N/OC. The van der Waals surface area contributed by atoms with Gasteiger partial charge in [0.15, 0.2) is 0 Å². The number of hydrogen-bond donors (Lipinski definition) is 0. The first-order chi connectivity index (χ1) is 5.70. The summed E-state index contributed by atoms with van der Waals surface area (Å²) in [6, 6.07) is 0. The molecule has 0 heterocycles. The Morgan fingerprint density at radius 2 is 1.83 bits per heavy atom. The third-order valence-corrected chi connectivity index (χ3v) is 0.693. The maximum atomic E-state index is 10.6. The van der Waals surface area contributed by atoms with E-state index in [2.05, 4.69) is 20.2 Å². The lowest BCUT2D eigenvalue weighted by atomic mass is 10.9. The summed E-state index contributed by atoms with van der Waals surface area (Å²) in [4.78, 5) is 8.56. The third kappa shape index (κ3) is 5.21. The molecule has 0 aliphatic carbocycles. The van der Waals surface area contributed by atoms with E-state index in [0.29, 0.717) is 0 Å². The predicted octanol–water partition coefficient (Wildman–Crippen LogP) is 0.382. The molecule has 0 saturated carbocycles. The van der Waals surface area contributed by atoms with E-state index in [1.165, 1.54) is 7.11 Å². The molecule has 0 spiro atoms. The topological polar surface area (TPSA) is 95.3 Å². The van der Waals surface area contributed by atoms with Crippen molar-refractivity contribution in [1.29, 1.82) is 0 Å². The zero-order valence-corrected chi connectivity index (χ0v) is 6.84. The lowest BCUT2D eigenvalue weighted by Gasteiger charge is -1.97. The van der Waals surface area contributed by atoms with Crippen LogP contribution in [0.15, 0.2) is 10.6 Å². The van der Waals surface area contributed by atoms with Gasteiger partial charge in [-0.3, -0.25) is 0 Å². The van der Waals surface area contributed by atoms with Crippen molar-refractivity contribution in [2.45, 2.75) is 6.92 Å². The molecule has 8 heteroatoms. The van der Waals surface area contributed by atoms with Crippen LogP contribution in [0, 0.1) is 10.4 Å². The van der Waals surface area contributed by atoms with Gasteiger partial charge in [-0.05, 0) is 6.92 Å². The highest BCUT2D eigenvalue weighted by Gasteiger charge is 2.03. The van der Waals surface area contributed by atoms with E-state index in [9.17, 15) is 10.4 Å². The lowest BCUT2D eigenvalue weighted by molar-refractivity contribution is -0.750. The van der Waals surface area contributed by atoms with Gasteiger partial charge in [-0.25, -0.2) is 0 Å². The molecular weight excluding hydrogens is 168 g/mol. The van der Waals surface area contributed by atoms with Crippen LogP contribution < -0.4 is 0 Å². The standard InChI is InChI=1S/C4H10N4O4/c1-3-12-6-8(10)4-7(9)5-11-2/h3-4H2,1-2H3/b7-5-,8-6-. The van der Waals surface area contributed by atoms with Crippen LogP contribution in [0.4, 0.5) is 0 Å². The van der Waals surface area contributed by atoms with E-state index in [1.807, 2.05) is 0 Å². The van der Waals surface area contributed by atoms with Crippen LogP contribution in [0.1, 0.15) is 6.92 Å². The second kappa shape index (κ2) is 6.13. The van der Waals surface area contributed by atoms with E-state index in [1.54, 1.807) is 6.92 Å². The molecule has 0 fully saturated rings. The molecule has 70 valence electrons. The number of nitrogens with zero attached hydrogens (tertiary/aromatic N) is 4. The Kier molecular flexibility index (Phi) is 5.31. The summed E-state index contributed by atoms with van der Waals surface area (Å²) in [6.45, 7) is 1.33. The van der Waals surface area contributed by atoms with Crippen molar-refractivity contribution in [2.75, 3.05) is 20.4 Å². The Morgan fingerprint density at radius 3 is 2.33 bits per heavy atom. The molecular formula is C4H10N4O4. The van der Waals surface area contributed by atoms with Crippen LogP contribution in [0.3, 0.4) is 0 Å². The second-order valence-electron chi connectivity index (χ2n) is 1.61. The average Bonchev–Trinajstić information content (AvgIpc) is 2.01. The predicted molar refractivity (Wildman–Crippen MR) is 35.6 cm³/mol. The van der Waals surface area contributed by atoms with Crippen LogP contribution in [0.5, 0.6) is 0 Å². The molecule has 12 heavy (non-hydrogen) atoms. The molecule has 0 aromatic heterocycles. The lowest BCUT2D eigenvalue weighted by Crippen LogP contribution is -2.14. The van der Waals surface area contributed by atoms with Crippen LogP contribution in [0.2, 0.25) is 0 Å². The number of hydroxylamine groups is 2. The molecule has 8 nitrogen and oxygen atoms in total. The van der Waals surface area contributed by atoms with Gasteiger partial charge in [0.2, 0.25) is 10.6 Å². The molecule has 0 aliphatic rings. The van der Waals surface area contributed by atoms with E-state index >= 15 is 0 Å². The molecule has 0 bridgehead atoms. The molecule has 0 N–H and O–H groups in total. The van der Waals surface area contributed by atoms with Crippen molar-refractivity contribution < 1.29 is 19.4 Å². The summed E-state index contributed by atoms with van der Waals surface area (Å²) in [6.07, 6.45) is 0. The molecule has 0 aliphatic heterocycles. The molecule has 0 unspecified atom stereocenters. The molecule has 0 radical (unpaired) electrons. The van der Waals surface area contributed by atoms with Gasteiger partial charge >= 0.3 is 6.67 Å². The summed E-state index contributed by atoms with van der Waals surface area (Å²) in [5.74, 6) is 0. The Bertz CT molecular complexity index is 180. The molecule has 0 atom stereocenters.